The van der Waals surface area contributed by atoms with Crippen LogP contribution in [0.15, 0.2) is 43.0 Å². The molecule has 2 fully saturated rings. The van der Waals surface area contributed by atoms with Crippen LogP contribution in [0, 0.1) is 0 Å². The molecule has 0 radical (unpaired) electrons. The maximum atomic E-state index is 12.7. The van der Waals surface area contributed by atoms with E-state index in [4.69, 9.17) is 4.74 Å². The minimum atomic E-state index is -0.00808. The number of hydrogen-bond acceptors (Lipinski definition) is 5. The molecule has 1 atom stereocenters. The fourth-order valence-corrected chi connectivity index (χ4v) is 3.89. The van der Waals surface area contributed by atoms with Crippen LogP contribution in [0.2, 0.25) is 0 Å². The largest absolute Gasteiger partial charge is 0.377 e. The van der Waals surface area contributed by atoms with E-state index in [1.54, 1.807) is 12.4 Å². The monoisotopic (exact) mass is 366 g/mol. The molecule has 142 valence electrons. The molecule has 0 unspecified atom stereocenters. The van der Waals surface area contributed by atoms with Crippen molar-refractivity contribution in [2.24, 2.45) is 0 Å². The first kappa shape index (κ1) is 18.1. The molecule has 6 heteroatoms. The molecule has 1 aromatic heterocycles. The minimum Gasteiger partial charge on any atom is -0.377 e. The van der Waals surface area contributed by atoms with Gasteiger partial charge >= 0.3 is 0 Å². The molecule has 1 aromatic carbocycles. The molecule has 27 heavy (non-hydrogen) atoms. The summed E-state index contributed by atoms with van der Waals surface area (Å²) in [5, 5.41) is 3.20. The lowest BCUT2D eigenvalue weighted by Gasteiger charge is -2.33. The zero-order valence-corrected chi connectivity index (χ0v) is 15.5. The summed E-state index contributed by atoms with van der Waals surface area (Å²) in [4.78, 5) is 23.2. The first-order chi connectivity index (χ1) is 13.3. The standard InChI is InChI=1S/C21H26N4O2/c26-21(17-4-1-3-16(11-17)18-12-22-15-23-13-18)24-19-6-8-25(9-7-19)14-20-5-2-10-27-20/h1,3-4,11-13,15,19-20H,2,5-10,14H2,(H,24,26)/t20-/m1/s1. The lowest BCUT2D eigenvalue weighted by atomic mass is 10.0. The van der Waals surface area contributed by atoms with Crippen molar-refractivity contribution in [2.75, 3.05) is 26.2 Å². The fraction of sp³-hybridized carbons (Fsp3) is 0.476. The Labute approximate surface area is 160 Å². The number of piperidine rings is 1. The van der Waals surface area contributed by atoms with Gasteiger partial charge in [-0.3, -0.25) is 4.79 Å². The summed E-state index contributed by atoms with van der Waals surface area (Å²) in [6.07, 6.45) is 9.77. The van der Waals surface area contributed by atoms with Crippen LogP contribution >= 0.6 is 0 Å². The van der Waals surface area contributed by atoms with Gasteiger partial charge in [0.15, 0.2) is 0 Å². The van der Waals surface area contributed by atoms with E-state index < -0.39 is 0 Å². The molecular formula is C21H26N4O2. The van der Waals surface area contributed by atoms with Crippen molar-refractivity contribution < 1.29 is 9.53 Å². The van der Waals surface area contributed by atoms with Gasteiger partial charge in [-0.2, -0.15) is 0 Å². The molecule has 0 aliphatic carbocycles. The molecular weight excluding hydrogens is 340 g/mol. The molecule has 4 rings (SSSR count). The Balaban J connectivity index is 1.31. The Morgan fingerprint density at radius 2 is 1.96 bits per heavy atom. The molecule has 3 heterocycles. The Morgan fingerprint density at radius 1 is 1.15 bits per heavy atom. The third kappa shape index (κ3) is 4.70. The topological polar surface area (TPSA) is 67.4 Å². The lowest BCUT2D eigenvalue weighted by Crippen LogP contribution is -2.46. The zero-order valence-electron chi connectivity index (χ0n) is 15.5. The predicted molar refractivity (Wildman–Crippen MR) is 103 cm³/mol. The number of amides is 1. The number of benzene rings is 1. The van der Waals surface area contributed by atoms with Crippen LogP contribution < -0.4 is 5.32 Å². The number of rotatable bonds is 5. The Hall–Kier alpha value is -2.31. The zero-order chi connectivity index (χ0) is 18.5. The number of nitrogens with zero attached hydrogens (tertiary/aromatic N) is 3. The number of carbonyl (C=O) groups is 1. The summed E-state index contributed by atoms with van der Waals surface area (Å²) < 4.78 is 5.73. The molecule has 6 nitrogen and oxygen atoms in total. The second-order valence-electron chi connectivity index (χ2n) is 7.39. The van der Waals surface area contributed by atoms with Crippen LogP contribution in [0.1, 0.15) is 36.0 Å². The summed E-state index contributed by atoms with van der Waals surface area (Å²) in [5.41, 5.74) is 2.54. The summed E-state index contributed by atoms with van der Waals surface area (Å²) >= 11 is 0. The molecule has 2 aromatic rings. The summed E-state index contributed by atoms with van der Waals surface area (Å²) in [6.45, 7) is 3.98. The van der Waals surface area contributed by atoms with Gasteiger partial charge < -0.3 is 15.0 Å². The van der Waals surface area contributed by atoms with E-state index >= 15 is 0 Å². The third-order valence-electron chi connectivity index (χ3n) is 5.43. The lowest BCUT2D eigenvalue weighted by molar-refractivity contribution is 0.0613. The van der Waals surface area contributed by atoms with Crippen LogP contribution in [0.25, 0.3) is 11.1 Å². The van der Waals surface area contributed by atoms with Gasteiger partial charge in [-0.1, -0.05) is 12.1 Å². The highest BCUT2D eigenvalue weighted by Gasteiger charge is 2.24. The number of likely N-dealkylation sites (tertiary alicyclic amines) is 1. The number of nitrogens with one attached hydrogen (secondary N) is 1. The summed E-state index contributed by atoms with van der Waals surface area (Å²) in [6, 6.07) is 7.87. The predicted octanol–water partition coefficient (Wildman–Crippen LogP) is 2.52. The molecule has 1 amide bonds. The molecule has 1 N–H and O–H groups in total. The number of ether oxygens (including phenoxy) is 1. The van der Waals surface area contributed by atoms with Crippen LogP contribution in [-0.2, 0) is 4.74 Å². The second-order valence-corrected chi connectivity index (χ2v) is 7.39. The minimum absolute atomic E-state index is 0.00808. The van der Waals surface area contributed by atoms with E-state index in [9.17, 15) is 4.79 Å². The average molecular weight is 366 g/mol. The maximum absolute atomic E-state index is 12.7. The van der Waals surface area contributed by atoms with Crippen molar-refractivity contribution in [3.05, 3.63) is 48.5 Å². The van der Waals surface area contributed by atoms with Gasteiger partial charge in [0.1, 0.15) is 6.33 Å². The highest BCUT2D eigenvalue weighted by atomic mass is 16.5. The molecule has 0 bridgehead atoms. The molecule has 0 spiro atoms. The van der Waals surface area contributed by atoms with E-state index in [1.807, 2.05) is 24.3 Å². The normalized spacial score (nSPS) is 21.3. The van der Waals surface area contributed by atoms with Crippen LogP contribution in [0.4, 0.5) is 0 Å². The first-order valence-electron chi connectivity index (χ1n) is 9.78. The Morgan fingerprint density at radius 3 is 2.70 bits per heavy atom. The van der Waals surface area contributed by atoms with Crippen LogP contribution in [0.3, 0.4) is 0 Å². The van der Waals surface area contributed by atoms with Crippen molar-refractivity contribution in [3.63, 3.8) is 0 Å². The molecule has 2 aliphatic rings. The smallest absolute Gasteiger partial charge is 0.251 e. The van der Waals surface area contributed by atoms with Crippen molar-refractivity contribution >= 4 is 5.91 Å². The molecule has 0 saturated carbocycles. The fourth-order valence-electron chi connectivity index (χ4n) is 3.89. The SMILES string of the molecule is O=C(NC1CCN(C[C@H]2CCCO2)CC1)c1cccc(-c2cncnc2)c1. The van der Waals surface area contributed by atoms with Gasteiger partial charge in [0.2, 0.25) is 0 Å². The van der Waals surface area contributed by atoms with Crippen molar-refractivity contribution in [1.82, 2.24) is 20.2 Å². The second kappa shape index (κ2) is 8.59. The summed E-state index contributed by atoms with van der Waals surface area (Å²) in [5.74, 6) is -0.00808. The molecule has 2 aliphatic heterocycles. The summed E-state index contributed by atoms with van der Waals surface area (Å²) in [7, 11) is 0. The van der Waals surface area contributed by atoms with Crippen molar-refractivity contribution in [3.8, 4) is 11.1 Å². The number of aromatic nitrogens is 2. The Bertz CT molecular complexity index is 754. The van der Waals surface area contributed by atoms with Crippen LogP contribution in [0.5, 0.6) is 0 Å². The Kier molecular flexibility index (Phi) is 5.75. The van der Waals surface area contributed by atoms with Crippen LogP contribution in [-0.4, -0.2) is 59.2 Å². The van der Waals surface area contributed by atoms with E-state index in [1.165, 1.54) is 19.2 Å². The van der Waals surface area contributed by atoms with E-state index in [0.717, 1.165) is 50.2 Å². The van der Waals surface area contributed by atoms with Gasteiger partial charge in [-0.25, -0.2) is 9.97 Å². The van der Waals surface area contributed by atoms with Gasteiger partial charge in [0.25, 0.3) is 5.91 Å². The average Bonchev–Trinajstić information content (AvgIpc) is 3.23. The van der Waals surface area contributed by atoms with Crippen molar-refractivity contribution in [2.45, 2.75) is 37.8 Å². The third-order valence-corrected chi connectivity index (χ3v) is 5.43. The van der Waals surface area contributed by atoms with Gasteiger partial charge in [0, 0.05) is 55.8 Å². The maximum Gasteiger partial charge on any atom is 0.251 e. The highest BCUT2D eigenvalue weighted by molar-refractivity contribution is 5.95. The quantitative estimate of drug-likeness (QED) is 0.881. The van der Waals surface area contributed by atoms with E-state index in [2.05, 4.69) is 20.2 Å². The van der Waals surface area contributed by atoms with Gasteiger partial charge in [-0.15, -0.1) is 0 Å². The van der Waals surface area contributed by atoms with E-state index in [0.29, 0.717) is 11.7 Å². The highest BCUT2D eigenvalue weighted by Crippen LogP contribution is 2.20. The van der Waals surface area contributed by atoms with E-state index in [-0.39, 0.29) is 11.9 Å². The van der Waals surface area contributed by atoms with Gasteiger partial charge in [0.05, 0.1) is 6.10 Å². The number of carbonyl (C=O) groups excluding carboxylic acids is 1. The molecule has 2 saturated heterocycles. The van der Waals surface area contributed by atoms with Crippen molar-refractivity contribution in [1.29, 1.82) is 0 Å². The van der Waals surface area contributed by atoms with Gasteiger partial charge in [-0.05, 0) is 43.4 Å². The number of hydrogen-bond donors (Lipinski definition) is 1. The first-order valence-corrected chi connectivity index (χ1v) is 9.78.